The van der Waals surface area contributed by atoms with Crippen molar-refractivity contribution in [3.05, 3.63) is 49.3 Å². The second kappa shape index (κ2) is 5.38. The smallest absolute Gasteiger partial charge is 0.137 e. The number of halogens is 3. The number of hydrogen-bond acceptors (Lipinski definition) is 2. The molecule has 1 aromatic carbocycles. The van der Waals surface area contributed by atoms with Crippen molar-refractivity contribution in [3.8, 4) is 0 Å². The largest absolute Gasteiger partial charge is 0.380 e. The molecule has 0 radical (unpaired) electrons. The lowest BCUT2D eigenvalue weighted by Crippen LogP contribution is -2.00. The van der Waals surface area contributed by atoms with Crippen molar-refractivity contribution in [2.75, 3.05) is 5.32 Å². The molecular formula is C12H10BrClFNS. The Kier molecular flexibility index (Phi) is 4.07. The van der Waals surface area contributed by atoms with E-state index in [1.807, 2.05) is 18.4 Å². The summed E-state index contributed by atoms with van der Waals surface area (Å²) >= 11 is 10.8. The summed E-state index contributed by atoms with van der Waals surface area (Å²) in [6.07, 6.45) is 0. The Bertz CT molecular complexity index is 541. The Morgan fingerprint density at radius 3 is 2.88 bits per heavy atom. The lowest BCUT2D eigenvalue weighted by atomic mass is 10.2. The zero-order valence-electron chi connectivity index (χ0n) is 9.06. The molecule has 17 heavy (non-hydrogen) atoms. The second-order valence-electron chi connectivity index (χ2n) is 3.63. The van der Waals surface area contributed by atoms with Crippen LogP contribution in [0.25, 0.3) is 0 Å². The third-order valence-electron chi connectivity index (χ3n) is 2.40. The fourth-order valence-electron chi connectivity index (χ4n) is 1.46. The third-order valence-corrected chi connectivity index (χ3v) is 4.39. The van der Waals surface area contributed by atoms with E-state index in [0.29, 0.717) is 11.0 Å². The van der Waals surface area contributed by atoms with Crippen LogP contribution in [0, 0.1) is 12.7 Å². The zero-order chi connectivity index (χ0) is 12.4. The Labute approximate surface area is 117 Å². The summed E-state index contributed by atoms with van der Waals surface area (Å²) in [5.41, 5.74) is 1.78. The van der Waals surface area contributed by atoms with E-state index in [1.165, 1.54) is 6.07 Å². The Hall–Kier alpha value is -0.580. The minimum atomic E-state index is -0.248. The number of rotatable bonds is 3. The first-order valence-electron chi connectivity index (χ1n) is 4.99. The van der Waals surface area contributed by atoms with Crippen molar-refractivity contribution in [2.24, 2.45) is 0 Å². The molecule has 0 aliphatic rings. The number of benzene rings is 1. The lowest BCUT2D eigenvalue weighted by molar-refractivity contribution is 0.620. The minimum absolute atomic E-state index is 0.248. The molecule has 0 aliphatic carbocycles. The van der Waals surface area contributed by atoms with Gasteiger partial charge in [-0.25, -0.2) is 4.39 Å². The van der Waals surface area contributed by atoms with Gasteiger partial charge in [-0.05, 0) is 52.0 Å². The molecule has 0 amide bonds. The molecule has 0 fully saturated rings. The molecule has 1 heterocycles. The summed E-state index contributed by atoms with van der Waals surface area (Å²) < 4.78 is 13.7. The van der Waals surface area contributed by atoms with E-state index < -0.39 is 0 Å². The summed E-state index contributed by atoms with van der Waals surface area (Å²) in [7, 11) is 0. The number of nitrogens with one attached hydrogen (secondary N) is 1. The molecule has 0 atom stereocenters. The van der Waals surface area contributed by atoms with Gasteiger partial charge in [0.15, 0.2) is 0 Å². The average Bonchev–Trinajstić information content (AvgIpc) is 2.68. The summed E-state index contributed by atoms with van der Waals surface area (Å²) in [6.45, 7) is 2.52. The quantitative estimate of drug-likeness (QED) is 0.811. The fraction of sp³-hybridized carbons (Fsp3) is 0.167. The lowest BCUT2D eigenvalue weighted by Gasteiger charge is -2.10. The number of anilines is 1. The van der Waals surface area contributed by atoms with Gasteiger partial charge in [-0.2, -0.15) is 0 Å². The van der Waals surface area contributed by atoms with Gasteiger partial charge in [0.2, 0.25) is 0 Å². The van der Waals surface area contributed by atoms with Gasteiger partial charge in [-0.3, -0.25) is 0 Å². The predicted octanol–water partition coefficient (Wildman–Crippen LogP) is 5.22. The number of hydrogen-bond donors (Lipinski definition) is 1. The molecular weight excluding hydrogens is 325 g/mol. The Balaban J connectivity index is 2.14. The van der Waals surface area contributed by atoms with E-state index in [9.17, 15) is 4.39 Å². The summed E-state index contributed by atoms with van der Waals surface area (Å²) in [4.78, 5) is 1.08. The molecule has 2 rings (SSSR count). The van der Waals surface area contributed by atoms with Crippen LogP contribution in [0.4, 0.5) is 10.1 Å². The van der Waals surface area contributed by atoms with Crippen LogP contribution < -0.4 is 5.32 Å². The van der Waals surface area contributed by atoms with E-state index in [0.717, 1.165) is 21.2 Å². The maximum absolute atomic E-state index is 13.2. The summed E-state index contributed by atoms with van der Waals surface area (Å²) in [5, 5.41) is 5.97. The van der Waals surface area contributed by atoms with Gasteiger partial charge in [-0.1, -0.05) is 11.6 Å². The highest BCUT2D eigenvalue weighted by Gasteiger charge is 2.06. The summed E-state index contributed by atoms with van der Waals surface area (Å²) in [6, 6.07) is 5.12. The molecule has 5 heteroatoms. The molecule has 1 nitrogen and oxygen atoms in total. The minimum Gasteiger partial charge on any atom is -0.380 e. The first-order valence-corrected chi connectivity index (χ1v) is 7.04. The van der Waals surface area contributed by atoms with Gasteiger partial charge in [0.25, 0.3) is 0 Å². The molecule has 90 valence electrons. The van der Waals surface area contributed by atoms with Crippen LogP contribution >= 0.6 is 38.9 Å². The molecule has 1 aromatic heterocycles. The zero-order valence-corrected chi connectivity index (χ0v) is 12.2. The summed E-state index contributed by atoms with van der Waals surface area (Å²) in [5.74, 6) is -0.248. The van der Waals surface area contributed by atoms with Gasteiger partial charge in [-0.15, -0.1) is 11.3 Å². The van der Waals surface area contributed by atoms with Crippen LogP contribution in [-0.4, -0.2) is 0 Å². The highest BCUT2D eigenvalue weighted by molar-refractivity contribution is 9.10. The van der Waals surface area contributed by atoms with Crippen molar-refractivity contribution >= 4 is 44.6 Å². The van der Waals surface area contributed by atoms with Crippen molar-refractivity contribution < 1.29 is 4.39 Å². The fourth-order valence-corrected chi connectivity index (χ4v) is 2.85. The SMILES string of the molecule is Cc1cc(F)c(Br)cc1NCc1sccc1Cl. The van der Waals surface area contributed by atoms with Crippen LogP contribution in [0.3, 0.4) is 0 Å². The maximum Gasteiger partial charge on any atom is 0.137 e. The Morgan fingerprint density at radius 1 is 1.47 bits per heavy atom. The topological polar surface area (TPSA) is 12.0 Å². The van der Waals surface area contributed by atoms with Crippen LogP contribution in [0.1, 0.15) is 10.4 Å². The molecule has 0 bridgehead atoms. The van der Waals surface area contributed by atoms with Crippen molar-refractivity contribution in [3.63, 3.8) is 0 Å². The van der Waals surface area contributed by atoms with E-state index in [2.05, 4.69) is 21.2 Å². The van der Waals surface area contributed by atoms with Gasteiger partial charge >= 0.3 is 0 Å². The first-order chi connectivity index (χ1) is 8.08. The van der Waals surface area contributed by atoms with Crippen molar-refractivity contribution in [1.82, 2.24) is 0 Å². The molecule has 0 saturated carbocycles. The van der Waals surface area contributed by atoms with Crippen molar-refractivity contribution in [1.29, 1.82) is 0 Å². The van der Waals surface area contributed by atoms with E-state index in [1.54, 1.807) is 17.4 Å². The normalized spacial score (nSPS) is 10.6. The van der Waals surface area contributed by atoms with Crippen molar-refractivity contribution in [2.45, 2.75) is 13.5 Å². The van der Waals surface area contributed by atoms with Gasteiger partial charge in [0.05, 0.1) is 16.0 Å². The standard InChI is InChI=1S/C12H10BrClFNS/c1-7-4-10(15)8(13)5-11(7)16-6-12-9(14)2-3-17-12/h2-5,16H,6H2,1H3. The van der Waals surface area contributed by atoms with Crippen LogP contribution in [0.15, 0.2) is 28.1 Å². The van der Waals surface area contributed by atoms with Crippen LogP contribution in [0.2, 0.25) is 5.02 Å². The van der Waals surface area contributed by atoms with Crippen LogP contribution in [0.5, 0.6) is 0 Å². The van der Waals surface area contributed by atoms with Crippen LogP contribution in [-0.2, 0) is 6.54 Å². The molecule has 0 saturated heterocycles. The molecule has 0 spiro atoms. The number of thiophene rings is 1. The van der Waals surface area contributed by atoms with E-state index in [-0.39, 0.29) is 5.82 Å². The average molecular weight is 335 g/mol. The number of aryl methyl sites for hydroxylation is 1. The first kappa shape index (κ1) is 12.9. The second-order valence-corrected chi connectivity index (χ2v) is 5.89. The van der Waals surface area contributed by atoms with Gasteiger partial charge in [0.1, 0.15) is 5.82 Å². The highest BCUT2D eigenvalue weighted by atomic mass is 79.9. The highest BCUT2D eigenvalue weighted by Crippen LogP contribution is 2.27. The predicted molar refractivity (Wildman–Crippen MR) is 75.5 cm³/mol. The van der Waals surface area contributed by atoms with Gasteiger partial charge in [0, 0.05) is 10.6 Å². The third kappa shape index (κ3) is 3.00. The van der Waals surface area contributed by atoms with E-state index >= 15 is 0 Å². The molecule has 0 aliphatic heterocycles. The molecule has 2 aromatic rings. The monoisotopic (exact) mass is 333 g/mol. The Morgan fingerprint density at radius 2 is 2.24 bits per heavy atom. The maximum atomic E-state index is 13.2. The molecule has 1 N–H and O–H groups in total. The van der Waals surface area contributed by atoms with E-state index in [4.69, 9.17) is 11.6 Å². The van der Waals surface area contributed by atoms with Gasteiger partial charge < -0.3 is 5.32 Å². The molecule has 0 unspecified atom stereocenters.